The predicted octanol–water partition coefficient (Wildman–Crippen LogP) is 10.9. The van der Waals surface area contributed by atoms with E-state index in [4.69, 9.17) is 9.47 Å². The average Bonchev–Trinajstić information content (AvgIpc) is 2.91. The van der Waals surface area contributed by atoms with Gasteiger partial charge in [-0.2, -0.15) is 0 Å². The third kappa shape index (κ3) is 22.7. The monoisotopic (exact) mass is 610 g/mol. The van der Waals surface area contributed by atoms with Crippen molar-refractivity contribution in [3.63, 3.8) is 0 Å². The van der Waals surface area contributed by atoms with Crippen LogP contribution in [0.2, 0.25) is 24.2 Å². The fraction of sp³-hybridized carbons (Fsp3) is 1.00. The van der Waals surface area contributed by atoms with Gasteiger partial charge in [0.05, 0.1) is 17.6 Å². The van der Waals surface area contributed by atoms with E-state index in [1.54, 1.807) is 0 Å². The lowest BCUT2D eigenvalue weighted by atomic mass is 10.3. The van der Waals surface area contributed by atoms with Crippen LogP contribution in [0.3, 0.4) is 0 Å². The van der Waals surface area contributed by atoms with Gasteiger partial charge in [-0.3, -0.25) is 0 Å². The smallest absolute Gasteiger partial charge is 0.0716 e. The molecule has 0 bridgehead atoms. The molecular weight excluding hydrogens is 545 g/mol. The minimum Gasteiger partial charge on any atom is -0.385 e. The molecule has 224 valence electrons. The highest BCUT2D eigenvalue weighted by Crippen LogP contribution is 2.36. The summed E-state index contributed by atoms with van der Waals surface area (Å²) in [6.07, 6.45) is 21.9. The van der Waals surface area contributed by atoms with E-state index in [9.17, 15) is 0 Å². The first kappa shape index (κ1) is 38.4. The fourth-order valence-electron chi connectivity index (χ4n) is 5.54. The molecule has 0 aliphatic rings. The van der Waals surface area contributed by atoms with Gasteiger partial charge >= 0.3 is 0 Å². The molecule has 0 aromatic rings. The quantitative estimate of drug-likeness (QED) is 0.0456. The number of methoxy groups -OCH3 is 2. The summed E-state index contributed by atoms with van der Waals surface area (Å²) in [6.45, 7) is 9.30. The third-order valence-corrected chi connectivity index (χ3v) is 20.2. The number of rotatable bonds is 30. The Bertz CT molecular complexity index is 391. The largest absolute Gasteiger partial charge is 0.385 e. The van der Waals surface area contributed by atoms with Crippen molar-refractivity contribution in [2.75, 3.05) is 25.7 Å². The molecule has 2 unspecified atom stereocenters. The van der Waals surface area contributed by atoms with Gasteiger partial charge < -0.3 is 9.47 Å². The molecule has 0 saturated heterocycles. The molecular formula is C30H66O2S3Si2. The molecule has 0 heterocycles. The molecule has 0 aliphatic heterocycles. The van der Waals surface area contributed by atoms with Gasteiger partial charge in [0.2, 0.25) is 0 Å². The van der Waals surface area contributed by atoms with E-state index < -0.39 is 17.6 Å². The Morgan fingerprint density at radius 2 is 0.811 bits per heavy atom. The lowest BCUT2D eigenvalue weighted by Gasteiger charge is -2.25. The van der Waals surface area contributed by atoms with Crippen molar-refractivity contribution in [1.29, 1.82) is 0 Å². The van der Waals surface area contributed by atoms with E-state index >= 15 is 0 Å². The van der Waals surface area contributed by atoms with Gasteiger partial charge in [0.25, 0.3) is 0 Å². The maximum atomic E-state index is 6.08. The van der Waals surface area contributed by atoms with E-state index in [1.165, 1.54) is 138 Å². The molecule has 0 amide bonds. The molecule has 0 rings (SSSR count). The standard InChI is InChI=1S/C30H66O2S3Si2/c1-7-11-15-25-36(26-16-12-8-2)29(31-5)21-19-23-33-35-34-24-20-22-30(32-6)37(27-17-13-9-3)28-18-14-10-4/h29-30,36-37H,7-28H2,1-6H3. The van der Waals surface area contributed by atoms with Crippen LogP contribution >= 0.6 is 31.4 Å². The van der Waals surface area contributed by atoms with Crippen LogP contribution in [-0.4, -0.2) is 54.8 Å². The topological polar surface area (TPSA) is 18.5 Å². The number of unbranched alkanes of at least 4 members (excludes halogenated alkanes) is 8. The molecule has 2 atom stereocenters. The van der Waals surface area contributed by atoms with E-state index in [-0.39, 0.29) is 0 Å². The Balaban J connectivity index is 4.16. The van der Waals surface area contributed by atoms with E-state index in [0.29, 0.717) is 11.5 Å². The molecule has 0 radical (unpaired) electrons. The zero-order chi connectivity index (χ0) is 27.4. The second-order valence-electron chi connectivity index (χ2n) is 11.0. The van der Waals surface area contributed by atoms with Gasteiger partial charge in [0.15, 0.2) is 0 Å². The van der Waals surface area contributed by atoms with Crippen molar-refractivity contribution in [2.24, 2.45) is 0 Å². The van der Waals surface area contributed by atoms with Crippen LogP contribution in [-0.2, 0) is 9.47 Å². The summed E-state index contributed by atoms with van der Waals surface area (Å²) < 4.78 is 12.2. The molecule has 2 nitrogen and oxygen atoms in total. The summed E-state index contributed by atoms with van der Waals surface area (Å²) in [7, 11) is 8.59. The lowest BCUT2D eigenvalue weighted by molar-refractivity contribution is 0.151. The van der Waals surface area contributed by atoms with Crippen LogP contribution in [0.25, 0.3) is 0 Å². The van der Waals surface area contributed by atoms with Crippen LogP contribution < -0.4 is 0 Å². The first-order valence-electron chi connectivity index (χ1n) is 16.1. The molecule has 0 aromatic heterocycles. The third-order valence-electron chi connectivity index (χ3n) is 7.90. The second-order valence-corrected chi connectivity index (χ2v) is 22.4. The van der Waals surface area contributed by atoms with Crippen molar-refractivity contribution in [2.45, 2.75) is 166 Å². The second kappa shape index (κ2) is 30.4. The van der Waals surface area contributed by atoms with E-state index in [0.717, 1.165) is 0 Å². The van der Waals surface area contributed by atoms with Gasteiger partial charge in [-0.1, -0.05) is 151 Å². The molecule has 0 fully saturated rings. The summed E-state index contributed by atoms with van der Waals surface area (Å²) in [5, 5.41) is 0. The van der Waals surface area contributed by atoms with Crippen LogP contribution in [0.4, 0.5) is 0 Å². The Hall–Kier alpha value is 1.40. The molecule has 37 heavy (non-hydrogen) atoms. The van der Waals surface area contributed by atoms with Crippen molar-refractivity contribution >= 4 is 49.0 Å². The Kier molecular flexibility index (Phi) is 31.5. The van der Waals surface area contributed by atoms with Gasteiger partial charge in [-0.15, -0.1) is 0 Å². The molecule has 0 spiro atoms. The number of hydrogen-bond donors (Lipinski definition) is 0. The highest BCUT2D eigenvalue weighted by atomic mass is 33.5. The summed E-state index contributed by atoms with van der Waals surface area (Å²) in [6, 6.07) is 5.99. The van der Waals surface area contributed by atoms with Gasteiger partial charge in [0.1, 0.15) is 0 Å². The first-order chi connectivity index (χ1) is 18.2. The van der Waals surface area contributed by atoms with Crippen LogP contribution in [0.15, 0.2) is 0 Å². The maximum Gasteiger partial charge on any atom is 0.0716 e. The van der Waals surface area contributed by atoms with E-state index in [2.05, 4.69) is 49.3 Å². The summed E-state index contributed by atoms with van der Waals surface area (Å²) >= 11 is 0. The van der Waals surface area contributed by atoms with Gasteiger partial charge in [-0.25, -0.2) is 0 Å². The average molecular weight is 611 g/mol. The molecule has 7 heteroatoms. The van der Waals surface area contributed by atoms with Crippen molar-refractivity contribution < 1.29 is 9.47 Å². The molecule has 0 aliphatic carbocycles. The summed E-state index contributed by atoms with van der Waals surface area (Å²) in [5.74, 6) is 2.54. The molecule has 0 N–H and O–H groups in total. The molecule has 0 aromatic carbocycles. The fourth-order valence-corrected chi connectivity index (χ4v) is 17.0. The van der Waals surface area contributed by atoms with E-state index in [1.807, 2.05) is 24.0 Å². The minimum absolute atomic E-state index is 0.602. The maximum absolute atomic E-state index is 6.08. The predicted molar refractivity (Wildman–Crippen MR) is 184 cm³/mol. The van der Waals surface area contributed by atoms with Crippen LogP contribution in [0.1, 0.15) is 130 Å². The van der Waals surface area contributed by atoms with Crippen molar-refractivity contribution in [3.05, 3.63) is 0 Å². The normalized spacial score (nSPS) is 13.6. The zero-order valence-electron chi connectivity index (χ0n) is 25.9. The first-order valence-corrected chi connectivity index (χ1v) is 24.6. The van der Waals surface area contributed by atoms with Crippen LogP contribution in [0, 0.1) is 0 Å². The Morgan fingerprint density at radius 3 is 1.08 bits per heavy atom. The lowest BCUT2D eigenvalue weighted by Crippen LogP contribution is -2.32. The van der Waals surface area contributed by atoms with Crippen molar-refractivity contribution in [3.8, 4) is 0 Å². The molecule has 0 saturated carbocycles. The van der Waals surface area contributed by atoms with Gasteiger partial charge in [0, 0.05) is 37.2 Å². The van der Waals surface area contributed by atoms with Crippen LogP contribution in [0.5, 0.6) is 0 Å². The SMILES string of the molecule is CCCCC[SiH](CCCCC)C(CCCSSSCCCC(OC)[SiH](CCCCC)CCCCC)OC. The highest BCUT2D eigenvalue weighted by molar-refractivity contribution is 9.09. The Labute approximate surface area is 249 Å². The number of hydrogen-bond acceptors (Lipinski definition) is 5. The summed E-state index contributed by atoms with van der Waals surface area (Å²) in [5.41, 5.74) is 1.20. The number of ether oxygens (including phenoxy) is 2. The minimum atomic E-state index is -0.779. The van der Waals surface area contributed by atoms with Crippen molar-refractivity contribution in [1.82, 2.24) is 0 Å². The summed E-state index contributed by atoms with van der Waals surface area (Å²) in [4.78, 5) is 0. The Morgan fingerprint density at radius 1 is 0.486 bits per heavy atom. The highest BCUT2D eigenvalue weighted by Gasteiger charge is 2.23. The van der Waals surface area contributed by atoms with Gasteiger partial charge in [-0.05, 0) is 35.5 Å². The zero-order valence-corrected chi connectivity index (χ0v) is 30.7.